The Hall–Kier alpha value is -3.17. The normalized spacial score (nSPS) is 15.3. The van der Waals surface area contributed by atoms with Crippen molar-refractivity contribution >= 4 is 5.91 Å². The van der Waals surface area contributed by atoms with Gasteiger partial charge in [0, 0.05) is 31.3 Å². The number of aryl methyl sites for hydroxylation is 2. The van der Waals surface area contributed by atoms with E-state index >= 15 is 0 Å². The summed E-state index contributed by atoms with van der Waals surface area (Å²) >= 11 is 0. The van der Waals surface area contributed by atoms with Gasteiger partial charge in [-0.15, -0.1) is 0 Å². The Labute approximate surface area is 170 Å². The average molecular weight is 419 g/mol. The minimum absolute atomic E-state index is 0.00491. The number of rotatable bonds is 6. The largest absolute Gasteiger partial charge is 0.358 e. The fraction of sp³-hybridized carbons (Fsp3) is 0.400. The van der Waals surface area contributed by atoms with Crippen LogP contribution in [0.15, 0.2) is 28.9 Å². The fourth-order valence-electron chi connectivity index (χ4n) is 3.23. The third kappa shape index (κ3) is 3.57. The number of carbonyl (C=O) groups excluding carboxylic acids is 1. The van der Waals surface area contributed by atoms with E-state index in [1.54, 1.807) is 12.1 Å². The molecule has 1 amide bonds. The summed E-state index contributed by atoms with van der Waals surface area (Å²) in [6.45, 7) is 2.63. The van der Waals surface area contributed by atoms with Gasteiger partial charge in [-0.25, -0.2) is 4.39 Å². The van der Waals surface area contributed by atoms with E-state index in [2.05, 4.69) is 20.6 Å². The first kappa shape index (κ1) is 20.1. The molecule has 10 heteroatoms. The van der Waals surface area contributed by atoms with Crippen molar-refractivity contribution < 1.29 is 22.5 Å². The van der Waals surface area contributed by atoms with Gasteiger partial charge in [-0.2, -0.15) is 13.9 Å². The number of halogens is 3. The Balaban J connectivity index is 1.58. The van der Waals surface area contributed by atoms with E-state index in [0.29, 0.717) is 36.4 Å². The molecule has 1 saturated carbocycles. The first-order valence-electron chi connectivity index (χ1n) is 9.50. The Bertz CT molecular complexity index is 1110. The summed E-state index contributed by atoms with van der Waals surface area (Å²) in [5.41, 5.74) is -0.00948. The Morgan fingerprint density at radius 3 is 2.67 bits per heavy atom. The molecule has 1 aliphatic rings. The van der Waals surface area contributed by atoms with Crippen molar-refractivity contribution in [2.45, 2.75) is 44.6 Å². The van der Waals surface area contributed by atoms with Crippen LogP contribution in [0.2, 0.25) is 0 Å². The number of nitrogens with one attached hydrogen (secondary N) is 1. The summed E-state index contributed by atoms with van der Waals surface area (Å²) in [6.07, 6.45) is 2.95. The van der Waals surface area contributed by atoms with Gasteiger partial charge in [-0.05, 0) is 31.4 Å². The molecule has 158 valence electrons. The topological polar surface area (TPSA) is 85.8 Å². The second kappa shape index (κ2) is 6.96. The van der Waals surface area contributed by atoms with Gasteiger partial charge in [0.1, 0.15) is 22.6 Å². The monoisotopic (exact) mass is 419 g/mol. The maximum Gasteiger partial charge on any atom is 0.288 e. The Kier molecular flexibility index (Phi) is 4.67. The molecule has 3 aromatic rings. The zero-order chi connectivity index (χ0) is 21.7. The molecule has 30 heavy (non-hydrogen) atoms. The van der Waals surface area contributed by atoms with Crippen LogP contribution >= 0.6 is 0 Å². The predicted molar refractivity (Wildman–Crippen MR) is 100 cm³/mol. The van der Waals surface area contributed by atoms with Gasteiger partial charge in [-0.1, -0.05) is 12.1 Å². The smallest absolute Gasteiger partial charge is 0.288 e. The van der Waals surface area contributed by atoms with E-state index in [1.807, 2.05) is 6.92 Å². The summed E-state index contributed by atoms with van der Waals surface area (Å²) in [5.74, 6) is -3.86. The lowest BCUT2D eigenvalue weighted by atomic mass is 10.1. The summed E-state index contributed by atoms with van der Waals surface area (Å²) in [7, 11) is 1.42. The number of hydrogen-bond donors (Lipinski definition) is 1. The van der Waals surface area contributed by atoms with Crippen LogP contribution in [0.1, 0.15) is 54.3 Å². The zero-order valence-electron chi connectivity index (χ0n) is 16.7. The summed E-state index contributed by atoms with van der Waals surface area (Å²) < 4.78 is 47.7. The van der Waals surface area contributed by atoms with Crippen molar-refractivity contribution in [1.82, 2.24) is 25.2 Å². The van der Waals surface area contributed by atoms with Gasteiger partial charge in [-0.3, -0.25) is 14.5 Å². The molecule has 7 nitrogen and oxygen atoms in total. The molecule has 1 fully saturated rings. The Morgan fingerprint density at radius 1 is 1.33 bits per heavy atom. The molecule has 0 aromatic carbocycles. The molecule has 1 aliphatic carbocycles. The van der Waals surface area contributed by atoms with Crippen molar-refractivity contribution in [2.75, 3.05) is 0 Å². The summed E-state index contributed by atoms with van der Waals surface area (Å²) in [4.78, 5) is 16.7. The first-order chi connectivity index (χ1) is 14.1. The molecule has 0 unspecified atom stereocenters. The molecule has 0 saturated heterocycles. The second-order valence-electron chi connectivity index (χ2n) is 7.55. The molecule has 1 N–H and O–H groups in total. The van der Waals surface area contributed by atoms with E-state index in [1.165, 1.54) is 7.05 Å². The minimum atomic E-state index is -3.15. The summed E-state index contributed by atoms with van der Waals surface area (Å²) in [6, 6.07) is 4.26. The first-order valence-corrected chi connectivity index (χ1v) is 9.50. The highest BCUT2D eigenvalue weighted by atomic mass is 19.3. The molecular formula is C20H20F3N5O2. The quantitative estimate of drug-likeness (QED) is 0.659. The molecule has 0 aliphatic heterocycles. The maximum atomic E-state index is 14.2. The highest BCUT2D eigenvalue weighted by molar-refractivity contribution is 5.93. The van der Waals surface area contributed by atoms with Gasteiger partial charge in [0.15, 0.2) is 11.6 Å². The number of amides is 1. The molecular weight excluding hydrogens is 399 g/mol. The summed E-state index contributed by atoms with van der Waals surface area (Å²) in [5, 5.41) is 10.5. The van der Waals surface area contributed by atoms with Crippen LogP contribution in [0.4, 0.5) is 13.2 Å². The van der Waals surface area contributed by atoms with Crippen molar-refractivity contribution in [3.63, 3.8) is 0 Å². The maximum absolute atomic E-state index is 14.2. The van der Waals surface area contributed by atoms with E-state index in [4.69, 9.17) is 4.52 Å². The van der Waals surface area contributed by atoms with Crippen LogP contribution in [0, 0.1) is 5.82 Å². The third-order valence-electron chi connectivity index (χ3n) is 5.20. The van der Waals surface area contributed by atoms with Crippen LogP contribution in [-0.4, -0.2) is 25.8 Å². The van der Waals surface area contributed by atoms with Crippen molar-refractivity contribution in [2.24, 2.45) is 7.05 Å². The number of carbonyl (C=O) groups is 1. The molecule has 0 bridgehead atoms. The number of alkyl halides is 2. The molecule has 0 atom stereocenters. The van der Waals surface area contributed by atoms with E-state index in [-0.39, 0.29) is 11.3 Å². The highest BCUT2D eigenvalue weighted by Gasteiger charge is 2.50. The van der Waals surface area contributed by atoms with Crippen molar-refractivity contribution in [3.8, 4) is 11.3 Å². The van der Waals surface area contributed by atoms with Crippen LogP contribution in [-0.2, 0) is 24.9 Å². The van der Waals surface area contributed by atoms with Crippen LogP contribution in [0.5, 0.6) is 0 Å². The van der Waals surface area contributed by atoms with Gasteiger partial charge < -0.3 is 9.84 Å². The van der Waals surface area contributed by atoms with Crippen LogP contribution in [0.25, 0.3) is 11.3 Å². The lowest BCUT2D eigenvalue weighted by Crippen LogP contribution is -2.35. The standard InChI is InChI=1S/C20H20F3N5O2/c1-4-11-7-12(13(21)10-24-11)14-8-17(30-27-14)20(5-6-20)25-18(29)15-9-16(19(2,22)23)26-28(15)3/h7-10H,4-6H2,1-3H3,(H,25,29). The van der Waals surface area contributed by atoms with E-state index < -0.39 is 28.9 Å². The van der Waals surface area contributed by atoms with E-state index in [0.717, 1.165) is 23.9 Å². The Morgan fingerprint density at radius 2 is 2.07 bits per heavy atom. The number of hydrogen-bond acceptors (Lipinski definition) is 5. The average Bonchev–Trinajstić information content (AvgIpc) is 3.12. The SMILES string of the molecule is CCc1cc(-c2cc(C3(NC(=O)c4cc(C(C)(F)F)nn4C)CC3)on2)c(F)cn1. The van der Waals surface area contributed by atoms with Crippen molar-refractivity contribution in [3.05, 3.63) is 53.1 Å². The lowest BCUT2D eigenvalue weighted by molar-refractivity contribution is 0.0122. The highest BCUT2D eigenvalue weighted by Crippen LogP contribution is 2.46. The fourth-order valence-corrected chi connectivity index (χ4v) is 3.23. The number of nitrogens with zero attached hydrogens (tertiary/aromatic N) is 4. The van der Waals surface area contributed by atoms with Crippen molar-refractivity contribution in [1.29, 1.82) is 0 Å². The van der Waals surface area contributed by atoms with Gasteiger partial charge in [0.2, 0.25) is 0 Å². The number of aromatic nitrogens is 4. The lowest BCUT2D eigenvalue weighted by Gasteiger charge is -2.13. The number of pyridine rings is 1. The predicted octanol–water partition coefficient (Wildman–Crippen LogP) is 3.70. The molecule has 0 spiro atoms. The third-order valence-corrected chi connectivity index (χ3v) is 5.20. The molecule has 0 radical (unpaired) electrons. The van der Waals surface area contributed by atoms with Crippen LogP contribution < -0.4 is 5.32 Å². The van der Waals surface area contributed by atoms with Gasteiger partial charge in [0.05, 0.1) is 6.20 Å². The zero-order valence-corrected chi connectivity index (χ0v) is 16.7. The van der Waals surface area contributed by atoms with E-state index in [9.17, 15) is 18.0 Å². The van der Waals surface area contributed by atoms with Gasteiger partial charge in [0.25, 0.3) is 11.8 Å². The minimum Gasteiger partial charge on any atom is -0.358 e. The molecule has 3 heterocycles. The molecule has 4 rings (SSSR count). The second-order valence-corrected chi connectivity index (χ2v) is 7.55. The van der Waals surface area contributed by atoms with Gasteiger partial charge >= 0.3 is 0 Å². The molecule has 3 aromatic heterocycles. The van der Waals surface area contributed by atoms with Crippen LogP contribution in [0.3, 0.4) is 0 Å².